The summed E-state index contributed by atoms with van der Waals surface area (Å²) < 4.78 is 1.41. The summed E-state index contributed by atoms with van der Waals surface area (Å²) in [4.78, 5) is 24.9. The molecule has 2 heterocycles. The fraction of sp³-hybridized carbons (Fsp3) is 0.333. The van der Waals surface area contributed by atoms with E-state index >= 15 is 0 Å². The second-order valence-electron chi connectivity index (χ2n) is 3.56. The molecule has 2 rings (SSSR count). The molecule has 0 unspecified atom stereocenters. The highest BCUT2D eigenvalue weighted by atomic mass is 32.1. The minimum atomic E-state index is -0.212. The number of hydrogen-bond donors (Lipinski definition) is 3. The van der Waals surface area contributed by atoms with E-state index < -0.39 is 0 Å². The van der Waals surface area contributed by atoms with Crippen LogP contribution in [0, 0.1) is 0 Å². The number of amides is 1. The van der Waals surface area contributed by atoms with Crippen LogP contribution in [0.1, 0.15) is 11.4 Å². The van der Waals surface area contributed by atoms with Gasteiger partial charge in [-0.15, -0.1) is 5.10 Å². The molecular weight excluding hydrogens is 256 g/mol. The van der Waals surface area contributed by atoms with Crippen LogP contribution in [0.3, 0.4) is 0 Å². The molecule has 0 atom stereocenters. The molecule has 0 spiro atoms. The molecule has 0 saturated carbocycles. The van der Waals surface area contributed by atoms with E-state index in [9.17, 15) is 9.59 Å². The van der Waals surface area contributed by atoms with E-state index in [0.29, 0.717) is 11.4 Å². The third-order valence-electron chi connectivity index (χ3n) is 2.15. The maximum absolute atomic E-state index is 11.6. The smallest absolute Gasteiger partial charge is 0.304 e. The first-order valence-corrected chi connectivity index (χ1v) is 6.08. The predicted molar refractivity (Wildman–Crippen MR) is 64.7 cm³/mol. The lowest BCUT2D eigenvalue weighted by Gasteiger charge is -2.02. The topological polar surface area (TPSA) is 119 Å². The zero-order valence-electron chi connectivity index (χ0n) is 9.42. The monoisotopic (exact) mass is 268 g/mol. The first-order valence-electron chi connectivity index (χ1n) is 5.20. The third-order valence-corrected chi connectivity index (χ3v) is 2.87. The number of rotatable bonds is 5. The van der Waals surface area contributed by atoms with Gasteiger partial charge in [-0.2, -0.15) is 0 Å². The number of nitrogens with zero attached hydrogens (tertiary/aromatic N) is 3. The zero-order chi connectivity index (χ0) is 13.0. The van der Waals surface area contributed by atoms with Crippen LogP contribution in [0.25, 0.3) is 0 Å². The van der Waals surface area contributed by atoms with Gasteiger partial charge in [-0.1, -0.05) is 16.6 Å². The first-order chi connectivity index (χ1) is 8.67. The summed E-state index contributed by atoms with van der Waals surface area (Å²) in [6.07, 6.45) is 1.62. The Hall–Kier alpha value is -2.00. The lowest BCUT2D eigenvalue weighted by atomic mass is 10.4. The first kappa shape index (κ1) is 12.5. The van der Waals surface area contributed by atoms with Crippen molar-refractivity contribution >= 4 is 17.2 Å². The summed E-state index contributed by atoms with van der Waals surface area (Å²) in [6, 6.07) is 0. The number of nitrogens with one attached hydrogen (secondary N) is 2. The maximum atomic E-state index is 11.6. The maximum Gasteiger partial charge on any atom is 0.304 e. The second-order valence-corrected chi connectivity index (χ2v) is 4.40. The largest absolute Gasteiger partial charge is 0.349 e. The highest BCUT2D eigenvalue weighted by molar-refractivity contribution is 7.07. The van der Waals surface area contributed by atoms with Crippen molar-refractivity contribution in [3.8, 4) is 0 Å². The van der Waals surface area contributed by atoms with E-state index in [0.717, 1.165) is 11.3 Å². The van der Waals surface area contributed by atoms with Gasteiger partial charge in [0.25, 0.3) is 0 Å². The number of nitrogens with two attached hydrogens (primary N) is 1. The van der Waals surface area contributed by atoms with Gasteiger partial charge in [0.1, 0.15) is 6.54 Å². The van der Waals surface area contributed by atoms with Gasteiger partial charge in [0.15, 0.2) is 0 Å². The molecule has 0 fully saturated rings. The van der Waals surface area contributed by atoms with Gasteiger partial charge >= 0.3 is 4.87 Å². The fourth-order valence-electron chi connectivity index (χ4n) is 1.31. The number of carbonyl (C=O) groups excluding carboxylic acids is 1. The summed E-state index contributed by atoms with van der Waals surface area (Å²) >= 11 is 1.06. The second kappa shape index (κ2) is 5.56. The molecule has 0 saturated heterocycles. The molecule has 0 aliphatic carbocycles. The number of hydrogen-bond acceptors (Lipinski definition) is 6. The van der Waals surface area contributed by atoms with Crippen LogP contribution in [0.4, 0.5) is 0 Å². The Labute approximate surface area is 106 Å². The number of H-pyrrole nitrogens is 1. The lowest BCUT2D eigenvalue weighted by molar-refractivity contribution is -0.122. The van der Waals surface area contributed by atoms with Gasteiger partial charge in [0.2, 0.25) is 5.91 Å². The Morgan fingerprint density at radius 1 is 1.61 bits per heavy atom. The predicted octanol–water partition coefficient (Wildman–Crippen LogP) is -1.20. The van der Waals surface area contributed by atoms with Crippen molar-refractivity contribution in [3.05, 3.63) is 32.6 Å². The quantitative estimate of drug-likeness (QED) is 0.629. The summed E-state index contributed by atoms with van der Waals surface area (Å²) in [5.41, 5.74) is 6.69. The summed E-state index contributed by atoms with van der Waals surface area (Å²) in [6.45, 7) is 0.648. The molecule has 2 aromatic rings. The minimum Gasteiger partial charge on any atom is -0.349 e. The summed E-state index contributed by atoms with van der Waals surface area (Å²) in [5.74, 6) is -0.212. The van der Waals surface area contributed by atoms with Crippen LogP contribution in [0.15, 0.2) is 16.4 Å². The van der Waals surface area contributed by atoms with Crippen LogP contribution in [-0.4, -0.2) is 25.9 Å². The Morgan fingerprint density at radius 2 is 2.44 bits per heavy atom. The lowest BCUT2D eigenvalue weighted by Crippen LogP contribution is -2.27. The molecule has 0 aliphatic rings. The van der Waals surface area contributed by atoms with Crippen molar-refractivity contribution in [1.29, 1.82) is 0 Å². The van der Waals surface area contributed by atoms with Gasteiger partial charge in [-0.25, -0.2) is 4.68 Å². The molecule has 96 valence electrons. The van der Waals surface area contributed by atoms with Crippen molar-refractivity contribution in [3.63, 3.8) is 0 Å². The molecule has 18 heavy (non-hydrogen) atoms. The molecule has 0 bridgehead atoms. The summed E-state index contributed by atoms with van der Waals surface area (Å²) in [7, 11) is 0. The highest BCUT2D eigenvalue weighted by Crippen LogP contribution is 1.95. The van der Waals surface area contributed by atoms with E-state index in [4.69, 9.17) is 5.73 Å². The van der Waals surface area contributed by atoms with Crippen LogP contribution in [-0.2, 0) is 24.4 Å². The van der Waals surface area contributed by atoms with Gasteiger partial charge in [-0.3, -0.25) is 9.59 Å². The average Bonchev–Trinajstić information content (AvgIpc) is 2.95. The van der Waals surface area contributed by atoms with Crippen LogP contribution < -0.4 is 15.9 Å². The van der Waals surface area contributed by atoms with Crippen LogP contribution in [0.5, 0.6) is 0 Å². The van der Waals surface area contributed by atoms with Crippen LogP contribution >= 0.6 is 11.3 Å². The normalized spacial score (nSPS) is 10.5. The fourth-order valence-corrected chi connectivity index (χ4v) is 1.89. The van der Waals surface area contributed by atoms with Crippen molar-refractivity contribution in [2.75, 3.05) is 0 Å². The van der Waals surface area contributed by atoms with Gasteiger partial charge in [0, 0.05) is 17.6 Å². The molecular formula is C9H12N6O2S. The molecule has 0 aliphatic heterocycles. The van der Waals surface area contributed by atoms with Gasteiger partial charge in [0.05, 0.1) is 18.4 Å². The molecule has 0 aromatic carbocycles. The van der Waals surface area contributed by atoms with E-state index in [1.165, 1.54) is 4.68 Å². The van der Waals surface area contributed by atoms with E-state index in [-0.39, 0.29) is 30.4 Å². The number of thiazole rings is 1. The molecule has 9 heteroatoms. The van der Waals surface area contributed by atoms with Crippen molar-refractivity contribution in [1.82, 2.24) is 25.3 Å². The molecule has 4 N–H and O–H groups in total. The number of aromatic amines is 1. The standard InChI is InChI=1S/C9H12N6O2S/c10-1-6-3-15(14-13-6)4-8(16)11-2-7-5-18-9(17)12-7/h3,5H,1-2,4,10H2,(H,11,16)(H,12,17). The Balaban J connectivity index is 1.83. The molecule has 2 aromatic heterocycles. The van der Waals surface area contributed by atoms with Crippen LogP contribution in [0.2, 0.25) is 0 Å². The van der Waals surface area contributed by atoms with Crippen molar-refractivity contribution < 1.29 is 4.79 Å². The Kier molecular flexibility index (Phi) is 3.85. The molecule has 1 amide bonds. The highest BCUT2D eigenvalue weighted by Gasteiger charge is 2.05. The molecule has 8 nitrogen and oxygen atoms in total. The average molecular weight is 268 g/mol. The Bertz CT molecular complexity index is 586. The Morgan fingerprint density at radius 3 is 3.06 bits per heavy atom. The van der Waals surface area contributed by atoms with Crippen molar-refractivity contribution in [2.24, 2.45) is 5.73 Å². The van der Waals surface area contributed by atoms with Gasteiger partial charge < -0.3 is 16.0 Å². The van der Waals surface area contributed by atoms with Crippen molar-refractivity contribution in [2.45, 2.75) is 19.6 Å². The van der Waals surface area contributed by atoms with E-state index in [1.54, 1.807) is 11.6 Å². The SMILES string of the molecule is NCc1cn(CC(=O)NCc2csc(=O)[nH]2)nn1. The summed E-state index contributed by atoms with van der Waals surface area (Å²) in [5, 5.41) is 11.9. The third kappa shape index (κ3) is 3.25. The number of carbonyl (C=O) groups is 1. The van der Waals surface area contributed by atoms with Gasteiger partial charge in [-0.05, 0) is 0 Å². The molecule has 0 radical (unpaired) electrons. The zero-order valence-corrected chi connectivity index (χ0v) is 10.2. The van der Waals surface area contributed by atoms with E-state index in [1.807, 2.05) is 0 Å². The van der Waals surface area contributed by atoms with E-state index in [2.05, 4.69) is 20.6 Å². The minimum absolute atomic E-state index is 0.0708. The number of aromatic nitrogens is 4.